The van der Waals surface area contributed by atoms with Crippen molar-refractivity contribution in [3.63, 3.8) is 0 Å². The van der Waals surface area contributed by atoms with Crippen LogP contribution in [0.25, 0.3) is 11.3 Å². The normalized spacial score (nSPS) is 16.3. The molecule has 0 bridgehead atoms. The van der Waals surface area contributed by atoms with Gasteiger partial charge in [-0.3, -0.25) is 4.79 Å². The monoisotopic (exact) mass is 519 g/mol. The molecule has 1 aromatic heterocycles. The van der Waals surface area contributed by atoms with Gasteiger partial charge in [-0.25, -0.2) is 4.98 Å². The van der Waals surface area contributed by atoms with Crippen molar-refractivity contribution in [1.29, 1.82) is 10.5 Å². The van der Waals surface area contributed by atoms with Gasteiger partial charge in [0.05, 0.1) is 30.9 Å². The number of aromatic nitrogens is 1. The van der Waals surface area contributed by atoms with Crippen molar-refractivity contribution in [3.05, 3.63) is 63.9 Å². The van der Waals surface area contributed by atoms with E-state index < -0.39 is 17.8 Å². The van der Waals surface area contributed by atoms with Crippen LogP contribution in [0.15, 0.2) is 63.5 Å². The van der Waals surface area contributed by atoms with Gasteiger partial charge in [0, 0.05) is 27.0 Å². The van der Waals surface area contributed by atoms with Crippen LogP contribution in [0.5, 0.6) is 5.75 Å². The third-order valence-corrected chi connectivity index (χ3v) is 6.84. The number of halogens is 1. The third kappa shape index (κ3) is 4.38. The van der Waals surface area contributed by atoms with E-state index in [1.807, 2.05) is 53.9 Å². The molecule has 0 unspecified atom stereocenters. The van der Waals surface area contributed by atoms with Gasteiger partial charge < -0.3 is 4.74 Å². The van der Waals surface area contributed by atoms with Crippen LogP contribution in [0.2, 0.25) is 0 Å². The molecular weight excluding hydrogens is 502 g/mol. The van der Waals surface area contributed by atoms with E-state index in [1.54, 1.807) is 14.0 Å². The second kappa shape index (κ2) is 9.53. The Labute approximate surface area is 203 Å². The Kier molecular flexibility index (Phi) is 6.55. The fourth-order valence-corrected chi connectivity index (χ4v) is 4.89. The maximum atomic E-state index is 13.5. The Morgan fingerprint density at radius 1 is 1.12 bits per heavy atom. The van der Waals surface area contributed by atoms with Crippen LogP contribution in [0.4, 0.5) is 5.13 Å². The van der Waals surface area contributed by atoms with Gasteiger partial charge in [-0.15, -0.1) is 11.3 Å². The maximum absolute atomic E-state index is 13.5. The molecule has 2 aromatic carbocycles. The molecule has 0 fully saturated rings. The third-order valence-electron chi connectivity index (χ3n) is 5.49. The molecule has 0 saturated heterocycles. The van der Waals surface area contributed by atoms with Crippen LogP contribution in [0, 0.1) is 34.5 Å². The molecule has 33 heavy (non-hydrogen) atoms. The first-order chi connectivity index (χ1) is 16.0. The Balaban J connectivity index is 1.66. The van der Waals surface area contributed by atoms with E-state index in [4.69, 9.17) is 4.74 Å². The highest BCUT2D eigenvalue weighted by Gasteiger charge is 2.45. The summed E-state index contributed by atoms with van der Waals surface area (Å²) < 4.78 is 6.06. The number of benzene rings is 2. The summed E-state index contributed by atoms with van der Waals surface area (Å²) in [5.74, 6) is -1.93. The molecule has 3 aromatic rings. The van der Waals surface area contributed by atoms with Crippen LogP contribution in [0.1, 0.15) is 18.4 Å². The molecule has 0 aliphatic carbocycles. The second-order valence-electron chi connectivity index (χ2n) is 7.43. The topological polar surface area (TPSA) is 102 Å². The maximum Gasteiger partial charge on any atom is 0.259 e. The number of anilines is 1. The number of hydrogen-bond acceptors (Lipinski definition) is 7. The number of carbonyl (C=O) groups excluding carboxylic acids is 1. The smallest absolute Gasteiger partial charge is 0.259 e. The van der Waals surface area contributed by atoms with Crippen molar-refractivity contribution >= 4 is 44.0 Å². The van der Waals surface area contributed by atoms with Crippen molar-refractivity contribution in [2.45, 2.75) is 12.8 Å². The van der Waals surface area contributed by atoms with Crippen molar-refractivity contribution in [3.8, 4) is 29.1 Å². The minimum absolute atomic E-state index is 0.299. The highest BCUT2D eigenvalue weighted by Crippen LogP contribution is 2.40. The first kappa shape index (κ1) is 22.7. The van der Waals surface area contributed by atoms with E-state index in [2.05, 4.69) is 38.2 Å². The molecule has 4 rings (SSSR count). The predicted molar refractivity (Wildman–Crippen MR) is 130 cm³/mol. The van der Waals surface area contributed by atoms with Gasteiger partial charge in [-0.1, -0.05) is 28.1 Å². The molecule has 164 valence electrons. The molecule has 9 heteroatoms. The molecule has 0 spiro atoms. The van der Waals surface area contributed by atoms with Gasteiger partial charge in [0.25, 0.3) is 5.91 Å². The molecule has 0 radical (unpaired) electrons. The number of hydrogen-bond donors (Lipinski definition) is 0. The van der Waals surface area contributed by atoms with Gasteiger partial charge in [-0.2, -0.15) is 20.6 Å². The van der Waals surface area contributed by atoms with Gasteiger partial charge in [0.1, 0.15) is 11.7 Å². The Hall–Kier alpha value is -3.53. The predicted octanol–water partition coefficient (Wildman–Crippen LogP) is 5.37. The van der Waals surface area contributed by atoms with Gasteiger partial charge in [0.15, 0.2) is 0 Å². The molecule has 2 heterocycles. The molecular formula is C24H18BrN5O2S. The van der Waals surface area contributed by atoms with Crippen molar-refractivity contribution < 1.29 is 9.53 Å². The fraction of sp³-hybridized carbons (Fsp3) is 0.208. The van der Waals surface area contributed by atoms with Crippen LogP contribution in [-0.2, 0) is 4.79 Å². The lowest BCUT2D eigenvalue weighted by Gasteiger charge is -2.24. The minimum Gasteiger partial charge on any atom is -0.497 e. The number of thiazole rings is 1. The van der Waals surface area contributed by atoms with Crippen molar-refractivity contribution in [2.75, 3.05) is 12.1 Å². The van der Waals surface area contributed by atoms with Crippen LogP contribution in [0.3, 0.4) is 0 Å². The Morgan fingerprint density at radius 3 is 2.39 bits per heavy atom. The number of nitriles is 2. The zero-order valence-corrected chi connectivity index (χ0v) is 20.2. The number of amides is 1. The molecule has 1 aliphatic rings. The van der Waals surface area contributed by atoms with E-state index in [0.717, 1.165) is 27.0 Å². The average molecular weight is 520 g/mol. The number of nitrogens with zero attached hydrogens (tertiary/aromatic N) is 5. The van der Waals surface area contributed by atoms with Gasteiger partial charge in [0.2, 0.25) is 5.13 Å². The summed E-state index contributed by atoms with van der Waals surface area (Å²) in [6.07, 6.45) is 0. The molecule has 0 saturated carbocycles. The molecule has 7 nitrogen and oxygen atoms in total. The minimum atomic E-state index is -1.00. The summed E-state index contributed by atoms with van der Waals surface area (Å²) in [4.78, 5) is 18.1. The first-order valence-corrected chi connectivity index (χ1v) is 11.7. The van der Waals surface area contributed by atoms with Crippen LogP contribution < -0.4 is 9.75 Å². The van der Waals surface area contributed by atoms with Crippen LogP contribution in [-0.4, -0.2) is 23.7 Å². The van der Waals surface area contributed by atoms with Gasteiger partial charge in [-0.05, 0) is 48.9 Å². The molecule has 1 aliphatic heterocycles. The largest absolute Gasteiger partial charge is 0.497 e. The van der Waals surface area contributed by atoms with E-state index in [9.17, 15) is 15.3 Å². The van der Waals surface area contributed by atoms with E-state index in [-0.39, 0.29) is 5.91 Å². The lowest BCUT2D eigenvalue weighted by molar-refractivity contribution is -0.120. The zero-order chi connectivity index (χ0) is 23.5. The number of hydrazone groups is 1. The van der Waals surface area contributed by atoms with Crippen LogP contribution >= 0.6 is 27.3 Å². The SMILES string of the molecule is COc1ccc(-c2csc(N3N=C(C)[C@@H]([C@@H](c4ccc(Br)cc4)C(C#N)C#N)C3=O)n2)cc1. The van der Waals surface area contributed by atoms with Gasteiger partial charge >= 0.3 is 0 Å². The van der Waals surface area contributed by atoms with E-state index >= 15 is 0 Å². The van der Waals surface area contributed by atoms with E-state index in [1.165, 1.54) is 16.3 Å². The average Bonchev–Trinajstić information content (AvgIpc) is 3.43. The number of methoxy groups -OCH3 is 1. The molecule has 1 amide bonds. The number of rotatable bonds is 6. The highest BCUT2D eigenvalue weighted by molar-refractivity contribution is 9.10. The van der Waals surface area contributed by atoms with E-state index in [0.29, 0.717) is 10.8 Å². The first-order valence-electron chi connectivity index (χ1n) is 10.0. The quantitative estimate of drug-likeness (QED) is 0.435. The summed E-state index contributed by atoms with van der Waals surface area (Å²) in [6.45, 7) is 1.75. The van der Waals surface area contributed by atoms with Crippen molar-refractivity contribution in [1.82, 2.24) is 4.98 Å². The molecule has 2 atom stereocenters. The fourth-order valence-electron chi connectivity index (χ4n) is 3.84. The summed E-state index contributed by atoms with van der Waals surface area (Å²) in [6, 6.07) is 18.9. The molecule has 0 N–H and O–H groups in total. The summed E-state index contributed by atoms with van der Waals surface area (Å²) in [5.41, 5.74) is 2.89. The highest BCUT2D eigenvalue weighted by atomic mass is 79.9. The van der Waals surface area contributed by atoms with Crippen molar-refractivity contribution in [2.24, 2.45) is 16.9 Å². The Bertz CT molecular complexity index is 1270. The zero-order valence-electron chi connectivity index (χ0n) is 17.8. The summed E-state index contributed by atoms with van der Waals surface area (Å²) in [5, 5.41) is 27.3. The number of carbonyl (C=O) groups is 1. The Morgan fingerprint density at radius 2 is 1.79 bits per heavy atom. The summed E-state index contributed by atoms with van der Waals surface area (Å²) >= 11 is 4.71. The number of ether oxygens (including phenoxy) is 1. The standard InChI is InChI=1S/C24H18BrN5O2S/c1-14-21(22(17(11-26)12-27)16-3-7-18(25)8-4-16)23(31)30(29-14)24-28-20(13-33-24)15-5-9-19(32-2)10-6-15/h3-10,13,17,21-22H,1-2H3/t21-,22-/m0/s1. The summed E-state index contributed by atoms with van der Waals surface area (Å²) in [7, 11) is 1.61. The lowest BCUT2D eigenvalue weighted by atomic mass is 9.76. The lowest BCUT2D eigenvalue weighted by Crippen LogP contribution is -2.34. The second-order valence-corrected chi connectivity index (χ2v) is 9.18.